The van der Waals surface area contributed by atoms with E-state index in [0.717, 1.165) is 29.6 Å². The highest BCUT2D eigenvalue weighted by molar-refractivity contribution is 9.10. The van der Waals surface area contributed by atoms with Crippen molar-refractivity contribution in [1.29, 1.82) is 0 Å². The van der Waals surface area contributed by atoms with E-state index < -0.39 is 0 Å². The van der Waals surface area contributed by atoms with Crippen LogP contribution in [0.3, 0.4) is 0 Å². The highest BCUT2D eigenvalue weighted by Crippen LogP contribution is 2.29. The van der Waals surface area contributed by atoms with Crippen LogP contribution in [0, 0.1) is 0 Å². The summed E-state index contributed by atoms with van der Waals surface area (Å²) in [6.07, 6.45) is 7.20. The van der Waals surface area contributed by atoms with Crippen molar-refractivity contribution in [3.63, 3.8) is 0 Å². The third-order valence-electron chi connectivity index (χ3n) is 3.58. The molecule has 0 amide bonds. The van der Waals surface area contributed by atoms with Crippen molar-refractivity contribution in [3.05, 3.63) is 40.0 Å². The summed E-state index contributed by atoms with van der Waals surface area (Å²) in [5, 5.41) is 7.91. The van der Waals surface area contributed by atoms with E-state index in [2.05, 4.69) is 26.3 Å². The highest BCUT2D eigenvalue weighted by atomic mass is 79.9. The SMILES string of the molecule is Cn1ncc2c1CCCC2NCc1occc1Br. The fourth-order valence-corrected chi connectivity index (χ4v) is 2.93. The number of fused-ring (bicyclic) bond motifs is 1. The summed E-state index contributed by atoms with van der Waals surface area (Å²) < 4.78 is 8.44. The molecular formula is C13H16BrN3O. The molecule has 0 aromatic carbocycles. The van der Waals surface area contributed by atoms with Gasteiger partial charge in [-0.05, 0) is 41.3 Å². The van der Waals surface area contributed by atoms with Crippen LogP contribution in [-0.2, 0) is 20.0 Å². The van der Waals surface area contributed by atoms with Crippen LogP contribution in [0.1, 0.15) is 35.9 Å². The Labute approximate surface area is 114 Å². The Balaban J connectivity index is 1.73. The van der Waals surface area contributed by atoms with Gasteiger partial charge in [0.2, 0.25) is 0 Å². The van der Waals surface area contributed by atoms with Crippen LogP contribution < -0.4 is 5.32 Å². The molecule has 96 valence electrons. The average Bonchev–Trinajstić information content (AvgIpc) is 2.95. The third-order valence-corrected chi connectivity index (χ3v) is 4.28. The van der Waals surface area contributed by atoms with Gasteiger partial charge in [0, 0.05) is 24.3 Å². The largest absolute Gasteiger partial charge is 0.467 e. The number of nitrogens with one attached hydrogen (secondary N) is 1. The lowest BCUT2D eigenvalue weighted by Gasteiger charge is -2.23. The predicted octanol–water partition coefficient (Wildman–Crippen LogP) is 2.94. The number of aryl methyl sites for hydroxylation is 1. The lowest BCUT2D eigenvalue weighted by molar-refractivity contribution is 0.413. The van der Waals surface area contributed by atoms with Crippen LogP contribution in [0.2, 0.25) is 0 Å². The molecule has 0 bridgehead atoms. The van der Waals surface area contributed by atoms with Crippen molar-refractivity contribution in [2.75, 3.05) is 0 Å². The number of halogens is 1. The second kappa shape index (κ2) is 4.90. The summed E-state index contributed by atoms with van der Waals surface area (Å²) in [6.45, 7) is 0.743. The fourth-order valence-electron chi connectivity index (χ4n) is 2.59. The topological polar surface area (TPSA) is 43.0 Å². The van der Waals surface area contributed by atoms with Gasteiger partial charge in [0.1, 0.15) is 5.76 Å². The normalized spacial score (nSPS) is 18.9. The van der Waals surface area contributed by atoms with Gasteiger partial charge in [0.15, 0.2) is 0 Å². The van der Waals surface area contributed by atoms with Crippen molar-refractivity contribution in [3.8, 4) is 0 Å². The van der Waals surface area contributed by atoms with Crippen molar-refractivity contribution >= 4 is 15.9 Å². The van der Waals surface area contributed by atoms with E-state index in [1.165, 1.54) is 17.7 Å². The Morgan fingerprint density at radius 3 is 3.28 bits per heavy atom. The molecule has 0 fully saturated rings. The third kappa shape index (κ3) is 2.12. The minimum Gasteiger partial charge on any atom is -0.467 e. The summed E-state index contributed by atoms with van der Waals surface area (Å²) >= 11 is 3.48. The molecule has 0 aliphatic heterocycles. The molecule has 0 radical (unpaired) electrons. The Bertz CT molecular complexity index is 546. The lowest BCUT2D eigenvalue weighted by Crippen LogP contribution is -2.24. The Morgan fingerprint density at radius 1 is 1.61 bits per heavy atom. The molecule has 2 heterocycles. The van der Waals surface area contributed by atoms with Crippen LogP contribution in [0.25, 0.3) is 0 Å². The second-order valence-electron chi connectivity index (χ2n) is 4.69. The molecule has 2 aromatic rings. The molecule has 3 rings (SSSR count). The molecule has 1 N–H and O–H groups in total. The second-order valence-corrected chi connectivity index (χ2v) is 5.54. The smallest absolute Gasteiger partial charge is 0.131 e. The van der Waals surface area contributed by atoms with Crippen molar-refractivity contribution in [2.24, 2.45) is 7.05 Å². The van der Waals surface area contributed by atoms with Gasteiger partial charge in [0.05, 0.1) is 23.5 Å². The van der Waals surface area contributed by atoms with Gasteiger partial charge >= 0.3 is 0 Å². The maximum atomic E-state index is 5.42. The van der Waals surface area contributed by atoms with E-state index in [1.807, 2.05) is 24.0 Å². The first kappa shape index (κ1) is 12.0. The van der Waals surface area contributed by atoms with Crippen molar-refractivity contribution in [1.82, 2.24) is 15.1 Å². The van der Waals surface area contributed by atoms with E-state index in [9.17, 15) is 0 Å². The quantitative estimate of drug-likeness (QED) is 0.948. The van der Waals surface area contributed by atoms with Crippen molar-refractivity contribution in [2.45, 2.75) is 31.8 Å². The molecule has 1 aliphatic carbocycles. The molecule has 2 aromatic heterocycles. The average molecular weight is 310 g/mol. The van der Waals surface area contributed by atoms with E-state index >= 15 is 0 Å². The van der Waals surface area contributed by atoms with Crippen LogP contribution in [0.4, 0.5) is 0 Å². The zero-order chi connectivity index (χ0) is 12.5. The highest BCUT2D eigenvalue weighted by Gasteiger charge is 2.23. The minimum absolute atomic E-state index is 0.388. The molecule has 1 atom stereocenters. The number of hydrogen-bond donors (Lipinski definition) is 1. The molecule has 0 spiro atoms. The monoisotopic (exact) mass is 309 g/mol. The Hall–Kier alpha value is -1.07. The van der Waals surface area contributed by atoms with Crippen molar-refractivity contribution < 1.29 is 4.42 Å². The number of furan rings is 1. The molecule has 5 heteroatoms. The minimum atomic E-state index is 0.388. The first-order valence-corrected chi connectivity index (χ1v) is 7.01. The summed E-state index contributed by atoms with van der Waals surface area (Å²) in [5.41, 5.74) is 2.70. The first-order valence-electron chi connectivity index (χ1n) is 6.21. The van der Waals surface area contributed by atoms with E-state index in [0.29, 0.717) is 6.04 Å². The van der Waals surface area contributed by atoms with Gasteiger partial charge in [-0.25, -0.2) is 0 Å². The zero-order valence-electron chi connectivity index (χ0n) is 10.3. The van der Waals surface area contributed by atoms with Gasteiger partial charge < -0.3 is 9.73 Å². The Kier molecular flexibility index (Phi) is 3.26. The molecule has 4 nitrogen and oxygen atoms in total. The van der Waals surface area contributed by atoms with E-state index in [4.69, 9.17) is 4.42 Å². The molecular weight excluding hydrogens is 294 g/mol. The lowest BCUT2D eigenvalue weighted by atomic mass is 9.93. The van der Waals surface area contributed by atoms with Crippen LogP contribution in [0.5, 0.6) is 0 Å². The summed E-state index contributed by atoms with van der Waals surface area (Å²) in [5.74, 6) is 0.950. The standard InChI is InChI=1S/C13H16BrN3O/c1-17-12-4-2-3-11(9(12)7-16-17)15-8-13-10(14)5-6-18-13/h5-7,11,15H,2-4,8H2,1H3. The number of nitrogens with zero attached hydrogens (tertiary/aromatic N) is 2. The van der Waals surface area contributed by atoms with Gasteiger partial charge in [-0.3, -0.25) is 4.68 Å². The van der Waals surface area contributed by atoms with Gasteiger partial charge in [-0.15, -0.1) is 0 Å². The molecule has 0 saturated heterocycles. The first-order chi connectivity index (χ1) is 8.75. The summed E-state index contributed by atoms with van der Waals surface area (Å²) in [6, 6.07) is 2.31. The number of aromatic nitrogens is 2. The van der Waals surface area contributed by atoms with Gasteiger partial charge in [-0.2, -0.15) is 5.10 Å². The Morgan fingerprint density at radius 2 is 2.50 bits per heavy atom. The maximum Gasteiger partial charge on any atom is 0.131 e. The van der Waals surface area contributed by atoms with E-state index in [1.54, 1.807) is 6.26 Å². The molecule has 1 unspecified atom stereocenters. The summed E-state index contributed by atoms with van der Waals surface area (Å²) in [7, 11) is 2.02. The van der Waals surface area contributed by atoms with Crippen LogP contribution in [0.15, 0.2) is 27.4 Å². The van der Waals surface area contributed by atoms with Crippen LogP contribution in [-0.4, -0.2) is 9.78 Å². The molecule has 1 aliphatic rings. The predicted molar refractivity (Wildman–Crippen MR) is 72.1 cm³/mol. The maximum absolute atomic E-state index is 5.42. The van der Waals surface area contributed by atoms with Gasteiger partial charge in [0.25, 0.3) is 0 Å². The number of hydrogen-bond acceptors (Lipinski definition) is 3. The summed E-state index contributed by atoms with van der Waals surface area (Å²) in [4.78, 5) is 0. The van der Waals surface area contributed by atoms with E-state index in [-0.39, 0.29) is 0 Å². The molecule has 18 heavy (non-hydrogen) atoms. The van der Waals surface area contributed by atoms with Crippen LogP contribution >= 0.6 is 15.9 Å². The number of rotatable bonds is 3. The van der Waals surface area contributed by atoms with Gasteiger partial charge in [-0.1, -0.05) is 0 Å². The zero-order valence-corrected chi connectivity index (χ0v) is 11.9. The fraction of sp³-hybridized carbons (Fsp3) is 0.462. The molecule has 0 saturated carbocycles.